The van der Waals surface area contributed by atoms with Crippen molar-refractivity contribution in [3.05, 3.63) is 41.4 Å². The molecule has 0 unspecified atom stereocenters. The fourth-order valence-corrected chi connectivity index (χ4v) is 1.77. The van der Waals surface area contributed by atoms with E-state index in [9.17, 15) is 4.79 Å². The molecule has 0 spiro atoms. The van der Waals surface area contributed by atoms with Crippen molar-refractivity contribution in [2.24, 2.45) is 0 Å². The molecule has 1 heterocycles. The van der Waals surface area contributed by atoms with E-state index < -0.39 is 5.97 Å². The van der Waals surface area contributed by atoms with Crippen molar-refractivity contribution in [1.29, 1.82) is 0 Å². The van der Waals surface area contributed by atoms with E-state index in [2.05, 4.69) is 4.98 Å². The summed E-state index contributed by atoms with van der Waals surface area (Å²) in [7, 11) is 0. The molecular formula is C10H8LiNO2S. The molecule has 1 N–H and O–H groups in total. The van der Waals surface area contributed by atoms with Gasteiger partial charge in [-0.3, -0.25) is 0 Å². The molecule has 5 heteroatoms. The fraction of sp³-hybridized carbons (Fsp3) is 0. The van der Waals surface area contributed by atoms with Gasteiger partial charge in [0.15, 0.2) is 0 Å². The van der Waals surface area contributed by atoms with Gasteiger partial charge in [-0.25, -0.2) is 9.78 Å². The first-order valence-electron chi connectivity index (χ1n) is 4.00. The second kappa shape index (κ2) is 5.13. The van der Waals surface area contributed by atoms with Crippen molar-refractivity contribution >= 4 is 17.3 Å². The number of thiazole rings is 1. The Bertz CT molecular complexity index is 444. The van der Waals surface area contributed by atoms with Gasteiger partial charge < -0.3 is 6.53 Å². The van der Waals surface area contributed by atoms with Gasteiger partial charge in [-0.05, 0) is 12.1 Å². The van der Waals surface area contributed by atoms with E-state index in [1.165, 1.54) is 11.3 Å². The first-order chi connectivity index (χ1) is 6.77. The molecule has 72 valence electrons. The van der Waals surface area contributed by atoms with Gasteiger partial charge >= 0.3 is 24.8 Å². The van der Waals surface area contributed by atoms with Crippen LogP contribution in [0.5, 0.6) is 0 Å². The number of benzene rings is 1. The Balaban J connectivity index is 0.00000112. The summed E-state index contributed by atoms with van der Waals surface area (Å²) in [4.78, 5) is 14.7. The van der Waals surface area contributed by atoms with Crippen LogP contribution in [0.3, 0.4) is 0 Å². The van der Waals surface area contributed by atoms with Crippen LogP contribution >= 0.6 is 11.3 Å². The van der Waals surface area contributed by atoms with Crippen molar-refractivity contribution < 1.29 is 30.2 Å². The van der Waals surface area contributed by atoms with Crippen molar-refractivity contribution in [2.75, 3.05) is 0 Å². The predicted octanol–water partition coefficient (Wildman–Crippen LogP) is -0.375. The normalized spacial score (nSPS) is 9.33. The van der Waals surface area contributed by atoms with E-state index in [-0.39, 0.29) is 20.3 Å². The van der Waals surface area contributed by atoms with Gasteiger partial charge in [0.05, 0.1) is 5.56 Å². The standard InChI is InChI=1S/C10H7NO2S.Li.H/c12-10(13)8-3-1-7(2-4-8)9-11-5-6-14-9;;/h1-6H,(H,12,13);;/q;+1;-1. The Morgan fingerprint density at radius 2 is 2.00 bits per heavy atom. The van der Waals surface area contributed by atoms with Gasteiger partial charge in [0.2, 0.25) is 0 Å². The average Bonchev–Trinajstić information content (AvgIpc) is 2.71. The maximum atomic E-state index is 10.6. The molecule has 1 aromatic carbocycles. The van der Waals surface area contributed by atoms with E-state index in [4.69, 9.17) is 5.11 Å². The van der Waals surface area contributed by atoms with Gasteiger partial charge in [-0.2, -0.15) is 0 Å². The summed E-state index contributed by atoms with van der Waals surface area (Å²) < 4.78 is 0. The molecule has 15 heavy (non-hydrogen) atoms. The summed E-state index contributed by atoms with van der Waals surface area (Å²) in [6, 6.07) is 6.70. The maximum absolute atomic E-state index is 10.6. The van der Waals surface area contributed by atoms with Crippen LogP contribution in [0.2, 0.25) is 0 Å². The number of hydrogen-bond donors (Lipinski definition) is 1. The third-order valence-corrected chi connectivity index (χ3v) is 2.63. The quantitative estimate of drug-likeness (QED) is 0.692. The molecule has 0 saturated heterocycles. The maximum Gasteiger partial charge on any atom is 1.00 e. The summed E-state index contributed by atoms with van der Waals surface area (Å²) in [6.07, 6.45) is 1.73. The van der Waals surface area contributed by atoms with Crippen LogP contribution < -0.4 is 18.9 Å². The van der Waals surface area contributed by atoms with Gasteiger partial charge in [-0.1, -0.05) is 12.1 Å². The number of carboxylic acid groups (broad SMARTS) is 1. The van der Waals surface area contributed by atoms with Crippen molar-refractivity contribution in [3.8, 4) is 10.6 Å². The minimum Gasteiger partial charge on any atom is -1.00 e. The van der Waals surface area contributed by atoms with Crippen molar-refractivity contribution in [3.63, 3.8) is 0 Å². The largest absolute Gasteiger partial charge is 1.00 e. The molecule has 0 aliphatic rings. The summed E-state index contributed by atoms with van der Waals surface area (Å²) in [5.41, 5.74) is 1.25. The molecule has 0 atom stereocenters. The van der Waals surface area contributed by atoms with Crippen LogP contribution in [-0.2, 0) is 0 Å². The second-order valence-electron chi connectivity index (χ2n) is 2.72. The molecule has 0 aliphatic heterocycles. The molecule has 3 nitrogen and oxygen atoms in total. The number of rotatable bonds is 2. The van der Waals surface area contributed by atoms with Crippen LogP contribution in [0.15, 0.2) is 35.8 Å². The summed E-state index contributed by atoms with van der Waals surface area (Å²) in [6.45, 7) is 0. The molecule has 0 bridgehead atoms. The number of carbonyl (C=O) groups is 1. The molecule has 0 amide bonds. The summed E-state index contributed by atoms with van der Waals surface area (Å²) in [5, 5.41) is 11.5. The van der Waals surface area contributed by atoms with Gasteiger partial charge in [0, 0.05) is 17.1 Å². The Morgan fingerprint density at radius 1 is 1.33 bits per heavy atom. The number of hydrogen-bond acceptors (Lipinski definition) is 3. The van der Waals surface area contributed by atoms with Crippen LogP contribution in [0.4, 0.5) is 0 Å². The predicted molar refractivity (Wildman–Crippen MR) is 55.6 cm³/mol. The molecule has 0 aliphatic carbocycles. The molecule has 0 fully saturated rings. The number of carboxylic acids is 1. The van der Waals surface area contributed by atoms with E-state index >= 15 is 0 Å². The number of aromatic nitrogens is 1. The molecule has 2 aromatic rings. The van der Waals surface area contributed by atoms with E-state index in [0.29, 0.717) is 5.56 Å². The molecule has 2 rings (SSSR count). The van der Waals surface area contributed by atoms with Gasteiger partial charge in [0.25, 0.3) is 0 Å². The van der Waals surface area contributed by atoms with E-state index in [1.807, 2.05) is 5.38 Å². The zero-order chi connectivity index (χ0) is 9.97. The minimum atomic E-state index is -0.907. The fourth-order valence-electron chi connectivity index (χ4n) is 1.12. The summed E-state index contributed by atoms with van der Waals surface area (Å²) in [5.74, 6) is -0.907. The minimum absolute atomic E-state index is 0. The summed E-state index contributed by atoms with van der Waals surface area (Å²) >= 11 is 1.53. The SMILES string of the molecule is O=C(O)c1ccc(-c2nccs2)cc1.[H-].[Li+]. The van der Waals surface area contributed by atoms with Crippen LogP contribution in [0.25, 0.3) is 10.6 Å². The topological polar surface area (TPSA) is 50.2 Å². The zero-order valence-corrected chi connectivity index (χ0v) is 8.99. The van der Waals surface area contributed by atoms with E-state index in [1.54, 1.807) is 30.5 Å². The average molecular weight is 213 g/mol. The van der Waals surface area contributed by atoms with Crippen LogP contribution in [-0.4, -0.2) is 16.1 Å². The zero-order valence-electron chi connectivity index (χ0n) is 9.18. The number of nitrogens with zero attached hydrogens (tertiary/aromatic N) is 1. The van der Waals surface area contributed by atoms with E-state index in [0.717, 1.165) is 10.6 Å². The van der Waals surface area contributed by atoms with Gasteiger partial charge in [0.1, 0.15) is 5.01 Å². The van der Waals surface area contributed by atoms with Crippen LogP contribution in [0.1, 0.15) is 11.8 Å². The third kappa shape index (κ3) is 2.69. The second-order valence-corrected chi connectivity index (χ2v) is 3.61. The first kappa shape index (κ1) is 12.0. The Hall–Kier alpha value is -1.08. The smallest absolute Gasteiger partial charge is 1.00 e. The molecule has 1 aromatic heterocycles. The van der Waals surface area contributed by atoms with Crippen molar-refractivity contribution in [1.82, 2.24) is 4.98 Å². The molecule has 0 radical (unpaired) electrons. The first-order valence-corrected chi connectivity index (χ1v) is 4.88. The Labute approximate surface area is 104 Å². The molecular weight excluding hydrogens is 205 g/mol. The Kier molecular flexibility index (Phi) is 4.10. The Morgan fingerprint density at radius 3 is 2.47 bits per heavy atom. The van der Waals surface area contributed by atoms with Crippen molar-refractivity contribution in [2.45, 2.75) is 0 Å². The monoisotopic (exact) mass is 213 g/mol. The van der Waals surface area contributed by atoms with Gasteiger partial charge in [-0.15, -0.1) is 11.3 Å². The molecule has 0 saturated carbocycles. The van der Waals surface area contributed by atoms with Crippen LogP contribution in [0, 0.1) is 0 Å². The number of aromatic carboxylic acids is 1. The third-order valence-electron chi connectivity index (χ3n) is 1.81.